The summed E-state index contributed by atoms with van der Waals surface area (Å²) in [5.74, 6) is -1.09. The number of nitrogens with one attached hydrogen (secondary N) is 2. The standard InChI is InChI=1S/C21H20N4O3/c26-20(27)19-16-13-25(12-11-17(16)23-24-19)21(28)22-18(14-7-3-1-4-8-14)15-9-5-2-6-10-15/h1-10,18H,11-13H2,(H,22,28)(H,23,24)(H,26,27). The fourth-order valence-corrected chi connectivity index (χ4v) is 3.51. The van der Waals surface area contributed by atoms with Gasteiger partial charge in [-0.2, -0.15) is 5.10 Å². The molecule has 0 aliphatic carbocycles. The van der Waals surface area contributed by atoms with E-state index in [0.29, 0.717) is 18.5 Å². The van der Waals surface area contributed by atoms with Crippen molar-refractivity contribution in [2.24, 2.45) is 0 Å². The average Bonchev–Trinajstić information content (AvgIpc) is 3.16. The molecule has 0 bridgehead atoms. The van der Waals surface area contributed by atoms with Crippen molar-refractivity contribution in [3.8, 4) is 0 Å². The molecule has 0 radical (unpaired) electrons. The number of hydrogen-bond acceptors (Lipinski definition) is 3. The fourth-order valence-electron chi connectivity index (χ4n) is 3.51. The topological polar surface area (TPSA) is 98.3 Å². The molecular weight excluding hydrogens is 356 g/mol. The summed E-state index contributed by atoms with van der Waals surface area (Å²) in [5.41, 5.74) is 3.30. The van der Waals surface area contributed by atoms with E-state index in [4.69, 9.17) is 0 Å². The highest BCUT2D eigenvalue weighted by Gasteiger charge is 2.29. The van der Waals surface area contributed by atoms with Crippen LogP contribution in [0.1, 0.15) is 38.9 Å². The van der Waals surface area contributed by atoms with E-state index in [1.165, 1.54) is 0 Å². The molecule has 7 nitrogen and oxygen atoms in total. The Morgan fingerprint density at radius 3 is 2.21 bits per heavy atom. The molecule has 4 rings (SSSR count). The summed E-state index contributed by atoms with van der Waals surface area (Å²) in [7, 11) is 0. The number of nitrogens with zero attached hydrogens (tertiary/aromatic N) is 2. The molecule has 142 valence electrons. The van der Waals surface area contributed by atoms with Gasteiger partial charge in [-0.05, 0) is 11.1 Å². The maximum Gasteiger partial charge on any atom is 0.356 e. The number of carbonyl (C=O) groups excluding carboxylic acids is 1. The van der Waals surface area contributed by atoms with E-state index in [9.17, 15) is 14.7 Å². The van der Waals surface area contributed by atoms with Crippen LogP contribution in [0.2, 0.25) is 0 Å². The second-order valence-corrected chi connectivity index (χ2v) is 6.71. The summed E-state index contributed by atoms with van der Waals surface area (Å²) < 4.78 is 0. The molecule has 0 unspecified atom stereocenters. The minimum Gasteiger partial charge on any atom is -0.476 e. The lowest BCUT2D eigenvalue weighted by atomic mass is 9.99. The summed E-state index contributed by atoms with van der Waals surface area (Å²) in [6.45, 7) is 0.714. The van der Waals surface area contributed by atoms with Crippen molar-refractivity contribution in [2.45, 2.75) is 19.0 Å². The zero-order valence-electron chi connectivity index (χ0n) is 15.1. The largest absolute Gasteiger partial charge is 0.476 e. The molecule has 7 heteroatoms. The third-order valence-corrected chi connectivity index (χ3v) is 4.96. The van der Waals surface area contributed by atoms with E-state index in [2.05, 4.69) is 15.5 Å². The number of carboxylic acid groups (broad SMARTS) is 1. The first-order valence-corrected chi connectivity index (χ1v) is 9.08. The van der Waals surface area contributed by atoms with Gasteiger partial charge in [0.15, 0.2) is 5.69 Å². The third kappa shape index (κ3) is 3.46. The van der Waals surface area contributed by atoms with Gasteiger partial charge in [0.2, 0.25) is 0 Å². The molecule has 0 saturated heterocycles. The molecule has 1 aromatic heterocycles. The average molecular weight is 376 g/mol. The number of fused-ring (bicyclic) bond motifs is 1. The number of benzene rings is 2. The van der Waals surface area contributed by atoms with Crippen molar-refractivity contribution in [2.75, 3.05) is 6.54 Å². The summed E-state index contributed by atoms with van der Waals surface area (Å²) in [6.07, 6.45) is 0.546. The summed E-state index contributed by atoms with van der Waals surface area (Å²) >= 11 is 0. The lowest BCUT2D eigenvalue weighted by Gasteiger charge is -2.29. The van der Waals surface area contributed by atoms with Crippen molar-refractivity contribution in [3.63, 3.8) is 0 Å². The predicted molar refractivity (Wildman–Crippen MR) is 103 cm³/mol. The molecule has 0 atom stereocenters. The molecular formula is C21H20N4O3. The van der Waals surface area contributed by atoms with Gasteiger partial charge in [-0.3, -0.25) is 5.10 Å². The Labute approximate surface area is 162 Å². The lowest BCUT2D eigenvalue weighted by molar-refractivity contribution is 0.0687. The van der Waals surface area contributed by atoms with E-state index in [1.807, 2.05) is 60.7 Å². The summed E-state index contributed by atoms with van der Waals surface area (Å²) in [4.78, 5) is 26.0. The van der Waals surface area contributed by atoms with Crippen molar-refractivity contribution in [1.29, 1.82) is 0 Å². The van der Waals surface area contributed by atoms with Crippen molar-refractivity contribution in [1.82, 2.24) is 20.4 Å². The monoisotopic (exact) mass is 376 g/mol. The quantitative estimate of drug-likeness (QED) is 0.652. The molecule has 0 spiro atoms. The first-order chi connectivity index (χ1) is 13.6. The number of H-pyrrole nitrogens is 1. The number of aromatic amines is 1. The van der Waals surface area contributed by atoms with Crippen LogP contribution in [-0.2, 0) is 13.0 Å². The number of amides is 2. The fraction of sp³-hybridized carbons (Fsp3) is 0.190. The van der Waals surface area contributed by atoms with Crippen molar-refractivity contribution >= 4 is 12.0 Å². The minimum atomic E-state index is -1.09. The predicted octanol–water partition coefficient (Wildman–Crippen LogP) is 2.97. The summed E-state index contributed by atoms with van der Waals surface area (Å²) in [5, 5.41) is 19.0. The molecule has 1 aliphatic rings. The van der Waals surface area contributed by atoms with E-state index in [1.54, 1.807) is 4.90 Å². The Morgan fingerprint density at radius 2 is 1.64 bits per heavy atom. The SMILES string of the molecule is O=C(O)c1n[nH]c2c1CN(C(=O)NC(c1ccccc1)c1ccccc1)CC2. The van der Waals surface area contributed by atoms with Crippen molar-refractivity contribution < 1.29 is 14.7 Å². The first kappa shape index (κ1) is 17.8. The molecule has 0 saturated carbocycles. The van der Waals surface area contributed by atoms with Gasteiger partial charge in [0.05, 0.1) is 12.6 Å². The van der Waals surface area contributed by atoms with E-state index >= 15 is 0 Å². The normalized spacial score (nSPS) is 13.2. The van der Waals surface area contributed by atoms with Gasteiger partial charge in [-0.1, -0.05) is 60.7 Å². The first-order valence-electron chi connectivity index (χ1n) is 9.08. The maximum absolute atomic E-state index is 13.0. The van der Waals surface area contributed by atoms with Gasteiger partial charge >= 0.3 is 12.0 Å². The zero-order chi connectivity index (χ0) is 19.5. The molecule has 1 aliphatic heterocycles. The van der Waals surface area contributed by atoms with Crippen LogP contribution in [0.5, 0.6) is 0 Å². The molecule has 28 heavy (non-hydrogen) atoms. The lowest BCUT2D eigenvalue weighted by Crippen LogP contribution is -2.44. The number of carbonyl (C=O) groups is 2. The van der Waals surface area contributed by atoms with Crippen LogP contribution in [0.25, 0.3) is 0 Å². The molecule has 3 N–H and O–H groups in total. The highest BCUT2D eigenvalue weighted by Crippen LogP contribution is 2.24. The number of rotatable bonds is 4. The van der Waals surface area contributed by atoms with Crippen molar-refractivity contribution in [3.05, 3.63) is 88.7 Å². The minimum absolute atomic E-state index is 0.0184. The Bertz CT molecular complexity index is 946. The van der Waals surface area contributed by atoms with Gasteiger partial charge in [0.25, 0.3) is 0 Å². The Balaban J connectivity index is 1.57. The highest BCUT2D eigenvalue weighted by atomic mass is 16.4. The van der Waals surface area contributed by atoms with Crippen LogP contribution in [0, 0.1) is 0 Å². The van der Waals surface area contributed by atoms with Crippen LogP contribution < -0.4 is 5.32 Å². The number of urea groups is 1. The van der Waals surface area contributed by atoms with Gasteiger partial charge in [-0.25, -0.2) is 9.59 Å². The van der Waals surface area contributed by atoms with Crippen LogP contribution >= 0.6 is 0 Å². The number of carboxylic acids is 1. The van der Waals surface area contributed by atoms with E-state index < -0.39 is 5.97 Å². The maximum atomic E-state index is 13.0. The molecule has 2 heterocycles. The summed E-state index contributed by atoms with van der Waals surface area (Å²) in [6, 6.07) is 19.0. The second-order valence-electron chi connectivity index (χ2n) is 6.71. The molecule has 3 aromatic rings. The zero-order valence-corrected chi connectivity index (χ0v) is 15.1. The molecule has 2 aromatic carbocycles. The van der Waals surface area contributed by atoms with Gasteiger partial charge in [0.1, 0.15) is 0 Å². The van der Waals surface area contributed by atoms with Gasteiger partial charge < -0.3 is 15.3 Å². The Kier molecular flexibility index (Phi) is 4.80. The molecule has 2 amide bonds. The Morgan fingerprint density at radius 1 is 1.04 bits per heavy atom. The van der Waals surface area contributed by atoms with Crippen LogP contribution in [0.3, 0.4) is 0 Å². The number of hydrogen-bond donors (Lipinski definition) is 3. The van der Waals surface area contributed by atoms with E-state index in [0.717, 1.165) is 16.8 Å². The smallest absolute Gasteiger partial charge is 0.356 e. The van der Waals surface area contributed by atoms with Crippen LogP contribution in [0.4, 0.5) is 4.79 Å². The van der Waals surface area contributed by atoms with Crippen LogP contribution in [0.15, 0.2) is 60.7 Å². The van der Waals surface area contributed by atoms with Gasteiger partial charge in [-0.15, -0.1) is 0 Å². The Hall–Kier alpha value is -3.61. The second kappa shape index (κ2) is 7.56. The van der Waals surface area contributed by atoms with Gasteiger partial charge in [0, 0.05) is 24.2 Å². The molecule has 0 fully saturated rings. The number of aromatic carboxylic acids is 1. The number of aromatic nitrogens is 2. The highest BCUT2D eigenvalue weighted by molar-refractivity contribution is 5.87. The van der Waals surface area contributed by atoms with Crippen LogP contribution in [-0.4, -0.2) is 38.7 Å². The third-order valence-electron chi connectivity index (χ3n) is 4.96. The van der Waals surface area contributed by atoms with E-state index in [-0.39, 0.29) is 24.3 Å².